The summed E-state index contributed by atoms with van der Waals surface area (Å²) >= 11 is 0. The molecule has 2 unspecified atom stereocenters. The Labute approximate surface area is 69.2 Å². The van der Waals surface area contributed by atoms with Gasteiger partial charge in [-0.2, -0.15) is 0 Å². The van der Waals surface area contributed by atoms with Crippen LogP contribution in [0.1, 0.15) is 12.8 Å². The molecule has 0 heterocycles. The fourth-order valence-corrected chi connectivity index (χ4v) is 0.706. The second-order valence-electron chi connectivity index (χ2n) is 2.52. The van der Waals surface area contributed by atoms with Gasteiger partial charge in [0.2, 0.25) is 0 Å². The van der Waals surface area contributed by atoms with Gasteiger partial charge in [0.1, 0.15) is 0 Å². The molecule has 6 N–H and O–H groups in total. The van der Waals surface area contributed by atoms with Crippen LogP contribution in [0, 0.1) is 0 Å². The lowest BCUT2D eigenvalue weighted by Gasteiger charge is -2.15. The largest absolute Gasteiger partial charge is 0.481 e. The van der Waals surface area contributed by atoms with E-state index in [1.807, 2.05) is 0 Å². The summed E-state index contributed by atoms with van der Waals surface area (Å²) in [4.78, 5) is 20.2. The lowest BCUT2D eigenvalue weighted by molar-refractivity contribution is -0.140. The minimum atomic E-state index is -1.08. The van der Waals surface area contributed by atoms with Crippen molar-refractivity contribution in [2.45, 2.75) is 24.9 Å². The van der Waals surface area contributed by atoms with Gasteiger partial charge >= 0.3 is 11.9 Å². The number of carboxylic acid groups (broad SMARTS) is 2. The zero-order valence-electron chi connectivity index (χ0n) is 6.43. The molecular weight excluding hydrogens is 164 g/mol. The molecule has 0 fully saturated rings. The number of aliphatic carboxylic acids is 2. The maximum absolute atomic E-state index is 10.1. The molecule has 0 aromatic heterocycles. The number of hydrogen-bond acceptors (Lipinski definition) is 4. The van der Waals surface area contributed by atoms with E-state index in [2.05, 4.69) is 0 Å². The monoisotopic (exact) mass is 176 g/mol. The van der Waals surface area contributed by atoms with Crippen molar-refractivity contribution < 1.29 is 19.8 Å². The molecule has 0 saturated carbocycles. The van der Waals surface area contributed by atoms with E-state index in [-0.39, 0.29) is 12.8 Å². The number of rotatable bonds is 5. The van der Waals surface area contributed by atoms with E-state index in [0.29, 0.717) is 0 Å². The van der Waals surface area contributed by atoms with E-state index in [4.69, 9.17) is 21.7 Å². The zero-order chi connectivity index (χ0) is 9.72. The minimum Gasteiger partial charge on any atom is -0.481 e. The fourth-order valence-electron chi connectivity index (χ4n) is 0.706. The van der Waals surface area contributed by atoms with E-state index in [1.165, 1.54) is 0 Å². The Morgan fingerprint density at radius 2 is 1.25 bits per heavy atom. The van der Waals surface area contributed by atoms with Crippen molar-refractivity contribution in [1.29, 1.82) is 0 Å². The molecule has 0 spiro atoms. The van der Waals surface area contributed by atoms with E-state index in [0.717, 1.165) is 0 Å². The van der Waals surface area contributed by atoms with Crippen LogP contribution in [0.2, 0.25) is 0 Å². The maximum Gasteiger partial charge on any atom is 0.304 e. The summed E-state index contributed by atoms with van der Waals surface area (Å²) in [7, 11) is 0. The number of carboxylic acids is 2. The van der Waals surface area contributed by atoms with Gasteiger partial charge in [-0.05, 0) is 0 Å². The lowest BCUT2D eigenvalue weighted by atomic mass is 10.0. The van der Waals surface area contributed by atoms with Crippen LogP contribution in [0.4, 0.5) is 0 Å². The average molecular weight is 176 g/mol. The van der Waals surface area contributed by atoms with Crippen molar-refractivity contribution in [3.63, 3.8) is 0 Å². The Bertz CT molecular complexity index is 162. The first kappa shape index (κ1) is 10.9. The zero-order valence-corrected chi connectivity index (χ0v) is 6.43. The van der Waals surface area contributed by atoms with Gasteiger partial charge in [0, 0.05) is 12.1 Å². The lowest BCUT2D eigenvalue weighted by Crippen LogP contribution is -2.44. The van der Waals surface area contributed by atoms with E-state index in [9.17, 15) is 9.59 Å². The van der Waals surface area contributed by atoms with Gasteiger partial charge in [0.15, 0.2) is 0 Å². The van der Waals surface area contributed by atoms with Gasteiger partial charge in [-0.15, -0.1) is 0 Å². The molecule has 0 aromatic carbocycles. The first-order valence-corrected chi connectivity index (χ1v) is 3.38. The fraction of sp³-hybridized carbons (Fsp3) is 0.667. The highest BCUT2D eigenvalue weighted by Gasteiger charge is 2.18. The SMILES string of the molecule is NC(CC(=O)O)C(N)CC(=O)O. The molecule has 0 aliphatic heterocycles. The van der Waals surface area contributed by atoms with Crippen LogP contribution in [-0.2, 0) is 9.59 Å². The van der Waals surface area contributed by atoms with Crippen molar-refractivity contribution >= 4 is 11.9 Å². The Morgan fingerprint density at radius 3 is 1.42 bits per heavy atom. The average Bonchev–Trinajstić information content (AvgIpc) is 1.84. The Hall–Kier alpha value is -1.14. The summed E-state index contributed by atoms with van der Waals surface area (Å²) < 4.78 is 0. The Morgan fingerprint density at radius 1 is 1.00 bits per heavy atom. The van der Waals surface area contributed by atoms with Crippen LogP contribution >= 0.6 is 0 Å². The van der Waals surface area contributed by atoms with Gasteiger partial charge in [-0.3, -0.25) is 9.59 Å². The molecule has 0 radical (unpaired) electrons. The molecule has 0 bridgehead atoms. The normalized spacial score (nSPS) is 15.2. The third-order valence-electron chi connectivity index (χ3n) is 1.37. The molecule has 0 aromatic rings. The molecule has 6 heteroatoms. The first-order chi connectivity index (χ1) is 5.43. The second kappa shape index (κ2) is 4.68. The summed E-state index contributed by atoms with van der Waals surface area (Å²) in [6.07, 6.45) is -0.622. The third kappa shape index (κ3) is 4.64. The molecule has 2 atom stereocenters. The van der Waals surface area contributed by atoms with E-state index in [1.54, 1.807) is 0 Å². The Kier molecular flexibility index (Phi) is 4.24. The van der Waals surface area contributed by atoms with E-state index < -0.39 is 24.0 Å². The smallest absolute Gasteiger partial charge is 0.304 e. The number of nitrogens with two attached hydrogens (primary N) is 2. The van der Waals surface area contributed by atoms with Crippen molar-refractivity contribution in [3.05, 3.63) is 0 Å². The van der Waals surface area contributed by atoms with Crippen molar-refractivity contribution in [1.82, 2.24) is 0 Å². The molecule has 12 heavy (non-hydrogen) atoms. The standard InChI is InChI=1S/C6H12N2O4/c7-3(1-5(9)10)4(8)2-6(11)12/h3-4H,1-2,7-8H2,(H,9,10)(H,11,12). The maximum atomic E-state index is 10.1. The van der Waals surface area contributed by atoms with Gasteiger partial charge in [-0.25, -0.2) is 0 Å². The predicted octanol–water partition coefficient (Wildman–Crippen LogP) is -1.41. The second-order valence-corrected chi connectivity index (χ2v) is 2.52. The van der Waals surface area contributed by atoms with Crippen LogP contribution in [-0.4, -0.2) is 34.2 Å². The number of carbonyl (C=O) groups is 2. The van der Waals surface area contributed by atoms with Crippen molar-refractivity contribution in [3.8, 4) is 0 Å². The van der Waals surface area contributed by atoms with Crippen molar-refractivity contribution in [2.75, 3.05) is 0 Å². The Balaban J connectivity index is 3.83. The quantitative estimate of drug-likeness (QED) is 0.407. The predicted molar refractivity (Wildman–Crippen MR) is 40.5 cm³/mol. The summed E-state index contributed by atoms with van der Waals surface area (Å²) in [5.41, 5.74) is 10.6. The van der Waals surface area contributed by atoms with Crippen LogP contribution in [0.25, 0.3) is 0 Å². The molecule has 6 nitrogen and oxygen atoms in total. The third-order valence-corrected chi connectivity index (χ3v) is 1.37. The highest BCUT2D eigenvalue weighted by molar-refractivity contribution is 5.69. The molecule has 0 amide bonds. The highest BCUT2D eigenvalue weighted by Crippen LogP contribution is 1.98. The molecule has 0 aliphatic rings. The van der Waals surface area contributed by atoms with Crippen LogP contribution in [0.5, 0.6) is 0 Å². The van der Waals surface area contributed by atoms with Gasteiger partial charge in [0.05, 0.1) is 12.8 Å². The van der Waals surface area contributed by atoms with Gasteiger partial charge in [0.25, 0.3) is 0 Å². The van der Waals surface area contributed by atoms with Crippen molar-refractivity contribution in [2.24, 2.45) is 11.5 Å². The van der Waals surface area contributed by atoms with Crippen LogP contribution in [0.3, 0.4) is 0 Å². The summed E-state index contributed by atoms with van der Waals surface area (Å²) in [6.45, 7) is 0. The van der Waals surface area contributed by atoms with E-state index >= 15 is 0 Å². The first-order valence-electron chi connectivity index (χ1n) is 3.38. The molecule has 0 saturated heterocycles. The summed E-state index contributed by atoms with van der Waals surface area (Å²) in [5.74, 6) is -2.16. The van der Waals surface area contributed by atoms with Gasteiger partial charge < -0.3 is 21.7 Å². The van der Waals surface area contributed by atoms with Crippen LogP contribution < -0.4 is 11.5 Å². The van der Waals surface area contributed by atoms with Gasteiger partial charge in [-0.1, -0.05) is 0 Å². The minimum absolute atomic E-state index is 0.311. The molecular formula is C6H12N2O4. The molecule has 0 aliphatic carbocycles. The number of hydrogen-bond donors (Lipinski definition) is 4. The van der Waals surface area contributed by atoms with Crippen LogP contribution in [0.15, 0.2) is 0 Å². The molecule has 70 valence electrons. The topological polar surface area (TPSA) is 127 Å². The molecule has 0 rings (SSSR count). The highest BCUT2D eigenvalue weighted by atomic mass is 16.4. The summed E-state index contributed by atoms with van der Waals surface area (Å²) in [6, 6.07) is -1.61. The summed E-state index contributed by atoms with van der Waals surface area (Å²) in [5, 5.41) is 16.6.